The predicted molar refractivity (Wildman–Crippen MR) is 107 cm³/mol. The molecule has 0 radical (unpaired) electrons. The van der Waals surface area contributed by atoms with Crippen LogP contribution < -0.4 is 16.4 Å². The zero-order chi connectivity index (χ0) is 20.4. The fraction of sp³-hybridized carbons (Fsp3) is 0.333. The number of aliphatic hydroxyl groups excluding tert-OH is 1. The first kappa shape index (κ1) is 21.4. The molecule has 28 heavy (non-hydrogen) atoms. The summed E-state index contributed by atoms with van der Waals surface area (Å²) in [6.45, 7) is -0.0676. The second-order valence-corrected chi connectivity index (χ2v) is 6.60. The molecule has 0 saturated heterocycles. The van der Waals surface area contributed by atoms with Gasteiger partial charge in [0.2, 0.25) is 11.8 Å². The lowest BCUT2D eigenvalue weighted by Gasteiger charge is -2.19. The number of aryl methyl sites for hydroxylation is 1. The molecule has 2 aromatic carbocycles. The summed E-state index contributed by atoms with van der Waals surface area (Å²) in [6, 6.07) is 14.4. The van der Waals surface area contributed by atoms with Crippen LogP contribution >= 0.6 is 0 Å². The molecule has 150 valence electrons. The van der Waals surface area contributed by atoms with Gasteiger partial charge < -0.3 is 26.6 Å². The number of carbonyl (C=O) groups is 2. The monoisotopic (exact) mass is 385 g/mol. The van der Waals surface area contributed by atoms with E-state index < -0.39 is 30.5 Å². The fourth-order valence-electron chi connectivity index (χ4n) is 2.72. The first-order chi connectivity index (χ1) is 13.5. The van der Waals surface area contributed by atoms with E-state index in [4.69, 9.17) is 5.73 Å². The molecule has 2 amide bonds. The second-order valence-electron chi connectivity index (χ2n) is 6.60. The Morgan fingerprint density at radius 3 is 2.29 bits per heavy atom. The van der Waals surface area contributed by atoms with Crippen molar-refractivity contribution >= 4 is 11.8 Å². The molecule has 7 heteroatoms. The van der Waals surface area contributed by atoms with Gasteiger partial charge in [-0.15, -0.1) is 0 Å². The molecule has 2 aromatic rings. The van der Waals surface area contributed by atoms with Gasteiger partial charge in [0.1, 0.15) is 11.8 Å². The molecule has 0 unspecified atom stereocenters. The van der Waals surface area contributed by atoms with Crippen molar-refractivity contribution in [2.45, 2.75) is 31.3 Å². The van der Waals surface area contributed by atoms with Crippen LogP contribution in [0.2, 0.25) is 0 Å². The van der Waals surface area contributed by atoms with E-state index in [9.17, 15) is 19.8 Å². The highest BCUT2D eigenvalue weighted by Gasteiger charge is 2.23. The van der Waals surface area contributed by atoms with Crippen molar-refractivity contribution < 1.29 is 19.8 Å². The second kappa shape index (κ2) is 11.1. The van der Waals surface area contributed by atoms with Gasteiger partial charge in [-0.1, -0.05) is 42.5 Å². The summed E-state index contributed by atoms with van der Waals surface area (Å²) in [5.41, 5.74) is 7.86. The highest BCUT2D eigenvalue weighted by Crippen LogP contribution is 2.11. The van der Waals surface area contributed by atoms with Gasteiger partial charge in [-0.3, -0.25) is 9.59 Å². The maximum absolute atomic E-state index is 12.2. The Labute approximate surface area is 164 Å². The van der Waals surface area contributed by atoms with Crippen LogP contribution in [0, 0.1) is 0 Å². The SMILES string of the molecule is N[C@@H](Cc1ccc(O)cc1)C(=O)N[C@H](CO)C(=O)NCCCc1ccccc1. The number of benzene rings is 2. The average molecular weight is 385 g/mol. The lowest BCUT2D eigenvalue weighted by atomic mass is 10.1. The topological polar surface area (TPSA) is 125 Å². The molecule has 0 saturated carbocycles. The number of nitrogens with two attached hydrogens (primary N) is 1. The van der Waals surface area contributed by atoms with Crippen LogP contribution in [0.1, 0.15) is 17.5 Å². The lowest BCUT2D eigenvalue weighted by Crippen LogP contribution is -2.53. The number of carbonyl (C=O) groups excluding carboxylic acids is 2. The molecule has 0 heterocycles. The number of rotatable bonds is 10. The summed E-state index contributed by atoms with van der Waals surface area (Å²) in [6.07, 6.45) is 1.83. The van der Waals surface area contributed by atoms with Gasteiger partial charge in [-0.2, -0.15) is 0 Å². The molecule has 0 aliphatic rings. The van der Waals surface area contributed by atoms with Crippen LogP contribution in [0.5, 0.6) is 5.75 Å². The number of aliphatic hydroxyl groups is 1. The van der Waals surface area contributed by atoms with Crippen LogP contribution in [-0.2, 0) is 22.4 Å². The van der Waals surface area contributed by atoms with E-state index in [1.807, 2.05) is 30.3 Å². The van der Waals surface area contributed by atoms with Crippen molar-refractivity contribution in [3.63, 3.8) is 0 Å². The molecule has 0 fully saturated rings. The molecule has 0 aliphatic carbocycles. The van der Waals surface area contributed by atoms with Gasteiger partial charge in [-0.05, 0) is 42.5 Å². The predicted octanol–water partition coefficient (Wildman–Crippen LogP) is 0.488. The van der Waals surface area contributed by atoms with E-state index >= 15 is 0 Å². The number of amides is 2. The standard InChI is InChI=1S/C21H27N3O4/c22-18(13-16-8-10-17(26)11-9-16)20(27)24-19(14-25)21(28)23-12-4-7-15-5-2-1-3-6-15/h1-3,5-6,8-11,18-19,25-26H,4,7,12-14,22H2,(H,23,28)(H,24,27)/t18-,19+/m0/s1. The van der Waals surface area contributed by atoms with Crippen LogP contribution in [-0.4, -0.2) is 47.3 Å². The quantitative estimate of drug-likeness (QED) is 0.381. The third-order valence-electron chi connectivity index (χ3n) is 4.33. The zero-order valence-electron chi connectivity index (χ0n) is 15.7. The van der Waals surface area contributed by atoms with Crippen LogP contribution in [0.4, 0.5) is 0 Å². The smallest absolute Gasteiger partial charge is 0.244 e. The number of hydrogen-bond acceptors (Lipinski definition) is 5. The number of phenols is 1. The molecule has 2 atom stereocenters. The summed E-state index contributed by atoms with van der Waals surface area (Å²) in [7, 11) is 0. The summed E-state index contributed by atoms with van der Waals surface area (Å²) in [4.78, 5) is 24.4. The summed E-state index contributed by atoms with van der Waals surface area (Å²) in [5, 5.41) is 23.9. The van der Waals surface area contributed by atoms with E-state index in [-0.39, 0.29) is 12.2 Å². The highest BCUT2D eigenvalue weighted by atomic mass is 16.3. The minimum atomic E-state index is -1.05. The molecule has 7 nitrogen and oxygen atoms in total. The van der Waals surface area contributed by atoms with Gasteiger partial charge in [-0.25, -0.2) is 0 Å². The highest BCUT2D eigenvalue weighted by molar-refractivity contribution is 5.89. The number of aromatic hydroxyl groups is 1. The largest absolute Gasteiger partial charge is 0.508 e. The fourth-order valence-corrected chi connectivity index (χ4v) is 2.72. The third-order valence-corrected chi connectivity index (χ3v) is 4.33. The Morgan fingerprint density at radius 2 is 1.64 bits per heavy atom. The Balaban J connectivity index is 1.75. The van der Waals surface area contributed by atoms with Crippen molar-refractivity contribution in [3.8, 4) is 5.75 Å². The van der Waals surface area contributed by atoms with Crippen LogP contribution in [0.3, 0.4) is 0 Å². The van der Waals surface area contributed by atoms with Gasteiger partial charge in [0.05, 0.1) is 12.6 Å². The van der Waals surface area contributed by atoms with Crippen molar-refractivity contribution in [1.29, 1.82) is 0 Å². The molecule has 0 spiro atoms. The van der Waals surface area contributed by atoms with E-state index in [2.05, 4.69) is 10.6 Å². The maximum Gasteiger partial charge on any atom is 0.244 e. The molecule has 2 rings (SSSR count). The molecular formula is C21H27N3O4. The lowest BCUT2D eigenvalue weighted by molar-refractivity contribution is -0.130. The van der Waals surface area contributed by atoms with E-state index in [1.165, 1.54) is 17.7 Å². The molecule has 6 N–H and O–H groups in total. The van der Waals surface area contributed by atoms with Crippen LogP contribution in [0.25, 0.3) is 0 Å². The normalized spacial score (nSPS) is 12.8. The average Bonchev–Trinajstić information content (AvgIpc) is 2.71. The van der Waals surface area contributed by atoms with E-state index in [0.717, 1.165) is 18.4 Å². The van der Waals surface area contributed by atoms with Crippen molar-refractivity contribution in [1.82, 2.24) is 10.6 Å². The van der Waals surface area contributed by atoms with E-state index in [0.29, 0.717) is 6.54 Å². The van der Waals surface area contributed by atoms with Gasteiger partial charge in [0, 0.05) is 6.54 Å². The summed E-state index contributed by atoms with van der Waals surface area (Å²) >= 11 is 0. The Morgan fingerprint density at radius 1 is 0.964 bits per heavy atom. The van der Waals surface area contributed by atoms with Crippen molar-refractivity contribution in [3.05, 3.63) is 65.7 Å². The Bertz CT molecular complexity index is 750. The minimum absolute atomic E-state index is 0.131. The minimum Gasteiger partial charge on any atom is -0.508 e. The summed E-state index contributed by atoms with van der Waals surface area (Å²) < 4.78 is 0. The van der Waals surface area contributed by atoms with E-state index in [1.54, 1.807) is 12.1 Å². The third kappa shape index (κ3) is 7.02. The maximum atomic E-state index is 12.2. The number of nitrogens with one attached hydrogen (secondary N) is 2. The molecule has 0 aliphatic heterocycles. The zero-order valence-corrected chi connectivity index (χ0v) is 15.7. The van der Waals surface area contributed by atoms with Gasteiger partial charge in [0.25, 0.3) is 0 Å². The molecule has 0 aromatic heterocycles. The first-order valence-electron chi connectivity index (χ1n) is 9.26. The number of phenolic OH excluding ortho intramolecular Hbond substituents is 1. The molecule has 0 bridgehead atoms. The summed E-state index contributed by atoms with van der Waals surface area (Å²) in [5.74, 6) is -0.835. The van der Waals surface area contributed by atoms with Crippen molar-refractivity contribution in [2.75, 3.05) is 13.2 Å². The number of hydrogen-bond donors (Lipinski definition) is 5. The Kier molecular flexibility index (Phi) is 8.45. The Hall–Kier alpha value is -2.90. The van der Waals surface area contributed by atoms with Gasteiger partial charge in [0.15, 0.2) is 0 Å². The molecular weight excluding hydrogens is 358 g/mol. The van der Waals surface area contributed by atoms with Gasteiger partial charge >= 0.3 is 0 Å². The first-order valence-corrected chi connectivity index (χ1v) is 9.26. The van der Waals surface area contributed by atoms with Crippen molar-refractivity contribution in [2.24, 2.45) is 5.73 Å². The van der Waals surface area contributed by atoms with Crippen LogP contribution in [0.15, 0.2) is 54.6 Å².